The summed E-state index contributed by atoms with van der Waals surface area (Å²) in [6.07, 6.45) is -0.914. The number of alkyl halides is 1. The zero-order chi connectivity index (χ0) is 13.7. The molecule has 1 heterocycles. The van der Waals surface area contributed by atoms with E-state index < -0.39 is 12.3 Å². The molecule has 0 radical (unpaired) electrons. The van der Waals surface area contributed by atoms with Gasteiger partial charge in [-0.05, 0) is 18.5 Å². The van der Waals surface area contributed by atoms with Gasteiger partial charge in [0, 0.05) is 12.5 Å². The van der Waals surface area contributed by atoms with Gasteiger partial charge in [0.05, 0.1) is 6.54 Å². The Morgan fingerprint density at radius 2 is 2.16 bits per heavy atom. The minimum atomic E-state index is -1.05. The molecule has 1 aliphatic rings. The van der Waals surface area contributed by atoms with E-state index in [4.69, 9.17) is 10.5 Å². The monoisotopic (exact) mass is 266 g/mol. The minimum Gasteiger partial charge on any atom is -0.445 e. The Balaban J connectivity index is 1.81. The minimum absolute atomic E-state index is 0.0789. The van der Waals surface area contributed by atoms with Crippen LogP contribution >= 0.6 is 0 Å². The number of rotatable bonds is 3. The lowest BCUT2D eigenvalue weighted by Gasteiger charge is -2.33. The number of hydrogen-bond donors (Lipinski definition) is 1. The molecule has 0 saturated carbocycles. The first kappa shape index (κ1) is 13.8. The van der Waals surface area contributed by atoms with E-state index in [1.807, 2.05) is 30.3 Å². The summed E-state index contributed by atoms with van der Waals surface area (Å²) in [7, 11) is 0. The highest BCUT2D eigenvalue weighted by molar-refractivity contribution is 5.67. The Hall–Kier alpha value is -1.62. The number of likely N-dealkylation sites (tertiary alicyclic amines) is 1. The summed E-state index contributed by atoms with van der Waals surface area (Å²) in [5.74, 6) is -0.141. The lowest BCUT2D eigenvalue weighted by Crippen LogP contribution is -2.46. The Bertz CT molecular complexity index is 413. The third-order valence-electron chi connectivity index (χ3n) is 3.44. The van der Waals surface area contributed by atoms with Crippen molar-refractivity contribution in [3.05, 3.63) is 35.9 Å². The van der Waals surface area contributed by atoms with Crippen molar-refractivity contribution in [1.82, 2.24) is 4.90 Å². The Morgan fingerprint density at radius 3 is 2.79 bits per heavy atom. The van der Waals surface area contributed by atoms with Crippen LogP contribution < -0.4 is 5.73 Å². The van der Waals surface area contributed by atoms with Gasteiger partial charge in [-0.1, -0.05) is 30.3 Å². The van der Waals surface area contributed by atoms with Gasteiger partial charge in [0.15, 0.2) is 0 Å². The summed E-state index contributed by atoms with van der Waals surface area (Å²) in [6, 6.07) is 9.43. The molecule has 1 saturated heterocycles. The molecule has 19 heavy (non-hydrogen) atoms. The summed E-state index contributed by atoms with van der Waals surface area (Å²) in [5, 5.41) is 0. The highest BCUT2D eigenvalue weighted by atomic mass is 19.1. The zero-order valence-corrected chi connectivity index (χ0v) is 10.8. The van der Waals surface area contributed by atoms with Gasteiger partial charge in [-0.3, -0.25) is 0 Å². The molecule has 0 aliphatic carbocycles. The standard InChI is InChI=1S/C14H19FN2O2/c15-13-9-17(7-6-12(13)8-16)14(18)19-10-11-4-2-1-3-5-11/h1-5,12-13H,6-10,16H2/t12-,13-/m0/s1. The predicted molar refractivity (Wildman–Crippen MR) is 70.3 cm³/mol. The number of nitrogens with two attached hydrogens (primary N) is 1. The van der Waals surface area contributed by atoms with E-state index in [0.29, 0.717) is 19.5 Å². The van der Waals surface area contributed by atoms with Gasteiger partial charge < -0.3 is 15.4 Å². The summed E-state index contributed by atoms with van der Waals surface area (Å²) < 4.78 is 18.9. The number of nitrogens with zero attached hydrogens (tertiary/aromatic N) is 1. The van der Waals surface area contributed by atoms with Gasteiger partial charge in [0.25, 0.3) is 0 Å². The Labute approximate surface area is 112 Å². The van der Waals surface area contributed by atoms with Crippen molar-refractivity contribution in [2.24, 2.45) is 11.7 Å². The summed E-state index contributed by atoms with van der Waals surface area (Å²) in [4.78, 5) is 13.2. The molecule has 1 fully saturated rings. The molecule has 0 unspecified atom stereocenters. The van der Waals surface area contributed by atoms with E-state index in [1.54, 1.807) is 0 Å². The van der Waals surface area contributed by atoms with E-state index in [0.717, 1.165) is 5.56 Å². The lowest BCUT2D eigenvalue weighted by atomic mass is 9.95. The van der Waals surface area contributed by atoms with Crippen LogP contribution in [0.4, 0.5) is 9.18 Å². The van der Waals surface area contributed by atoms with Crippen molar-refractivity contribution in [2.75, 3.05) is 19.6 Å². The second-order valence-electron chi connectivity index (χ2n) is 4.79. The van der Waals surface area contributed by atoms with E-state index in [2.05, 4.69) is 0 Å². The molecule has 1 amide bonds. The van der Waals surface area contributed by atoms with Crippen LogP contribution in [-0.2, 0) is 11.3 Å². The van der Waals surface area contributed by atoms with Crippen LogP contribution in [0.2, 0.25) is 0 Å². The predicted octanol–water partition coefficient (Wildman–Crippen LogP) is 1.94. The van der Waals surface area contributed by atoms with E-state index in [9.17, 15) is 9.18 Å². The molecule has 104 valence electrons. The lowest BCUT2D eigenvalue weighted by molar-refractivity contribution is 0.0536. The molecule has 0 aromatic heterocycles. The average Bonchev–Trinajstić information content (AvgIpc) is 2.45. The third-order valence-corrected chi connectivity index (χ3v) is 3.44. The van der Waals surface area contributed by atoms with E-state index in [-0.39, 0.29) is 19.1 Å². The van der Waals surface area contributed by atoms with Gasteiger partial charge in [0.1, 0.15) is 12.8 Å². The first-order valence-corrected chi connectivity index (χ1v) is 6.50. The van der Waals surface area contributed by atoms with Gasteiger partial charge >= 0.3 is 6.09 Å². The number of carbonyl (C=O) groups excluding carboxylic acids is 1. The molecule has 4 nitrogen and oxygen atoms in total. The average molecular weight is 266 g/mol. The first-order valence-electron chi connectivity index (χ1n) is 6.50. The largest absolute Gasteiger partial charge is 0.445 e. The van der Waals surface area contributed by atoms with Gasteiger partial charge in [-0.15, -0.1) is 0 Å². The summed E-state index contributed by atoms with van der Waals surface area (Å²) in [5.41, 5.74) is 6.40. The summed E-state index contributed by atoms with van der Waals surface area (Å²) in [6.45, 7) is 1.13. The fraction of sp³-hybridized carbons (Fsp3) is 0.500. The van der Waals surface area contributed by atoms with Crippen LogP contribution in [0, 0.1) is 5.92 Å². The second kappa shape index (κ2) is 6.52. The number of hydrogen-bond acceptors (Lipinski definition) is 3. The van der Waals surface area contributed by atoms with Crippen molar-refractivity contribution >= 4 is 6.09 Å². The smallest absolute Gasteiger partial charge is 0.410 e. The fourth-order valence-electron chi connectivity index (χ4n) is 2.20. The molecule has 5 heteroatoms. The number of carbonyl (C=O) groups is 1. The van der Waals surface area contributed by atoms with Gasteiger partial charge in [0.2, 0.25) is 0 Å². The highest BCUT2D eigenvalue weighted by Crippen LogP contribution is 2.20. The SMILES string of the molecule is NC[C@@H]1CCN(C(=O)OCc2ccccc2)C[C@@H]1F. The Morgan fingerprint density at radius 1 is 1.42 bits per heavy atom. The van der Waals surface area contributed by atoms with Crippen LogP contribution in [0.15, 0.2) is 30.3 Å². The van der Waals surface area contributed by atoms with Crippen molar-refractivity contribution in [2.45, 2.75) is 19.2 Å². The number of benzene rings is 1. The van der Waals surface area contributed by atoms with E-state index in [1.165, 1.54) is 4.90 Å². The maximum atomic E-state index is 13.7. The van der Waals surface area contributed by atoms with Crippen molar-refractivity contribution < 1.29 is 13.9 Å². The molecule has 1 aromatic carbocycles. The van der Waals surface area contributed by atoms with Gasteiger partial charge in [-0.25, -0.2) is 9.18 Å². The molecular formula is C14H19FN2O2. The Kier molecular flexibility index (Phi) is 4.74. The van der Waals surface area contributed by atoms with Gasteiger partial charge in [-0.2, -0.15) is 0 Å². The van der Waals surface area contributed by atoms with Crippen LogP contribution in [0.25, 0.3) is 0 Å². The maximum absolute atomic E-state index is 13.7. The van der Waals surface area contributed by atoms with Crippen molar-refractivity contribution in [3.8, 4) is 0 Å². The molecule has 2 N–H and O–H groups in total. The first-order chi connectivity index (χ1) is 9.20. The number of amides is 1. The van der Waals surface area contributed by atoms with Crippen molar-refractivity contribution in [3.63, 3.8) is 0 Å². The van der Waals surface area contributed by atoms with Crippen molar-refractivity contribution in [1.29, 1.82) is 0 Å². The fourth-order valence-corrected chi connectivity index (χ4v) is 2.20. The summed E-state index contributed by atoms with van der Waals surface area (Å²) >= 11 is 0. The zero-order valence-electron chi connectivity index (χ0n) is 10.8. The molecule has 1 aromatic rings. The highest BCUT2D eigenvalue weighted by Gasteiger charge is 2.31. The molecule has 2 rings (SSSR count). The number of halogens is 1. The quantitative estimate of drug-likeness (QED) is 0.909. The molecular weight excluding hydrogens is 247 g/mol. The number of piperidine rings is 1. The van der Waals surface area contributed by atoms with E-state index >= 15 is 0 Å². The van der Waals surface area contributed by atoms with Crippen LogP contribution in [0.3, 0.4) is 0 Å². The second-order valence-corrected chi connectivity index (χ2v) is 4.79. The molecule has 2 atom stereocenters. The van der Waals surface area contributed by atoms with Crippen LogP contribution in [-0.4, -0.2) is 36.8 Å². The normalized spacial score (nSPS) is 23.2. The molecule has 0 bridgehead atoms. The van der Waals surface area contributed by atoms with Crippen LogP contribution in [0.5, 0.6) is 0 Å². The molecule has 0 spiro atoms. The third kappa shape index (κ3) is 3.67. The van der Waals surface area contributed by atoms with Crippen LogP contribution in [0.1, 0.15) is 12.0 Å². The topological polar surface area (TPSA) is 55.6 Å². The maximum Gasteiger partial charge on any atom is 0.410 e. The number of ether oxygens (including phenoxy) is 1. The molecule has 1 aliphatic heterocycles.